The highest BCUT2D eigenvalue weighted by atomic mass is 16.5. The fourth-order valence-electron chi connectivity index (χ4n) is 1.92. The van der Waals surface area contributed by atoms with Crippen LogP contribution >= 0.6 is 0 Å². The van der Waals surface area contributed by atoms with E-state index in [1.54, 1.807) is 12.1 Å². The van der Waals surface area contributed by atoms with Gasteiger partial charge in [-0.3, -0.25) is 4.79 Å². The van der Waals surface area contributed by atoms with Gasteiger partial charge in [-0.25, -0.2) is 4.79 Å². The van der Waals surface area contributed by atoms with Crippen LogP contribution in [0.25, 0.3) is 11.0 Å². The Hall–Kier alpha value is -2.50. The molecule has 0 N–H and O–H groups in total. The molecule has 0 atom stereocenters. The molecule has 0 saturated heterocycles. The van der Waals surface area contributed by atoms with Crippen LogP contribution in [0.5, 0.6) is 17.2 Å². The average Bonchev–Trinajstić information content (AvgIpc) is 2.39. The van der Waals surface area contributed by atoms with E-state index in [9.17, 15) is 9.59 Å². The lowest BCUT2D eigenvalue weighted by atomic mass is 10.2. The van der Waals surface area contributed by atoms with E-state index in [4.69, 9.17) is 18.6 Å². The van der Waals surface area contributed by atoms with E-state index in [0.29, 0.717) is 5.39 Å². The topological polar surface area (TPSA) is 75.0 Å². The molecular formula is C15H16O6. The highest BCUT2D eigenvalue weighted by molar-refractivity contribution is 5.91. The minimum absolute atomic E-state index is 0.0174. The molecule has 0 fully saturated rings. The third-order valence-corrected chi connectivity index (χ3v) is 2.62. The van der Waals surface area contributed by atoms with Crippen LogP contribution in [0, 0.1) is 0 Å². The van der Waals surface area contributed by atoms with Crippen LogP contribution in [0.4, 0.5) is 0 Å². The number of hydrogen-bond acceptors (Lipinski definition) is 6. The molecule has 1 heterocycles. The second kappa shape index (κ2) is 5.87. The first-order valence-electron chi connectivity index (χ1n) is 6.43. The summed E-state index contributed by atoms with van der Waals surface area (Å²) in [6.07, 6.45) is -0.165. The van der Waals surface area contributed by atoms with E-state index < -0.39 is 11.6 Å². The SMILES string of the molecule is COc1c(OC(C)C)c2cccc(OC(C)=O)c2oc1=O. The summed E-state index contributed by atoms with van der Waals surface area (Å²) in [5.41, 5.74) is -0.547. The van der Waals surface area contributed by atoms with Crippen LogP contribution in [0.2, 0.25) is 0 Å². The normalized spacial score (nSPS) is 10.7. The number of esters is 1. The maximum Gasteiger partial charge on any atom is 0.383 e. The first kappa shape index (κ1) is 14.9. The van der Waals surface area contributed by atoms with Crippen LogP contribution in [-0.4, -0.2) is 19.2 Å². The standard InChI is InChI=1S/C15H16O6/c1-8(2)19-13-10-6-5-7-11(20-9(3)16)12(10)21-15(17)14(13)18-4/h5-8H,1-4H3. The number of fused-ring (bicyclic) bond motifs is 1. The molecule has 0 spiro atoms. The zero-order valence-corrected chi connectivity index (χ0v) is 12.3. The Balaban J connectivity index is 2.77. The largest absolute Gasteiger partial charge is 0.487 e. The summed E-state index contributed by atoms with van der Waals surface area (Å²) in [6.45, 7) is 4.93. The van der Waals surface area contributed by atoms with Gasteiger partial charge in [0.1, 0.15) is 0 Å². The molecule has 1 aromatic carbocycles. The smallest absolute Gasteiger partial charge is 0.383 e. The number of para-hydroxylation sites is 1. The zero-order valence-electron chi connectivity index (χ0n) is 12.3. The highest BCUT2D eigenvalue weighted by Crippen LogP contribution is 2.37. The Morgan fingerprint density at radius 2 is 1.95 bits per heavy atom. The van der Waals surface area contributed by atoms with E-state index in [1.807, 2.05) is 13.8 Å². The molecular weight excluding hydrogens is 276 g/mol. The maximum atomic E-state index is 12.0. The predicted molar refractivity (Wildman–Crippen MR) is 76.1 cm³/mol. The third-order valence-electron chi connectivity index (χ3n) is 2.62. The van der Waals surface area contributed by atoms with Gasteiger partial charge in [-0.2, -0.15) is 0 Å². The number of ether oxygens (including phenoxy) is 3. The molecule has 112 valence electrons. The summed E-state index contributed by atoms with van der Waals surface area (Å²) in [5.74, 6) is -0.0930. The van der Waals surface area contributed by atoms with Gasteiger partial charge in [0.05, 0.1) is 18.6 Å². The fraction of sp³-hybridized carbons (Fsp3) is 0.333. The van der Waals surface area contributed by atoms with Crippen molar-refractivity contribution >= 4 is 16.9 Å². The van der Waals surface area contributed by atoms with Crippen molar-refractivity contribution in [2.75, 3.05) is 7.11 Å². The maximum absolute atomic E-state index is 12.0. The molecule has 0 aliphatic heterocycles. The van der Waals surface area contributed by atoms with Gasteiger partial charge in [-0.1, -0.05) is 6.07 Å². The predicted octanol–water partition coefficient (Wildman–Crippen LogP) is 2.51. The van der Waals surface area contributed by atoms with E-state index in [1.165, 1.54) is 20.1 Å². The quantitative estimate of drug-likeness (QED) is 0.489. The lowest BCUT2D eigenvalue weighted by molar-refractivity contribution is -0.131. The van der Waals surface area contributed by atoms with Crippen molar-refractivity contribution in [3.05, 3.63) is 28.6 Å². The number of benzene rings is 1. The molecule has 0 unspecified atom stereocenters. The number of rotatable bonds is 4. The fourth-order valence-corrected chi connectivity index (χ4v) is 1.92. The molecule has 0 aliphatic carbocycles. The Morgan fingerprint density at radius 3 is 2.52 bits per heavy atom. The van der Waals surface area contributed by atoms with Crippen molar-refractivity contribution in [1.29, 1.82) is 0 Å². The molecule has 6 heteroatoms. The van der Waals surface area contributed by atoms with E-state index >= 15 is 0 Å². The van der Waals surface area contributed by atoms with Gasteiger partial charge >= 0.3 is 11.6 Å². The average molecular weight is 292 g/mol. The van der Waals surface area contributed by atoms with Gasteiger partial charge < -0.3 is 18.6 Å². The minimum atomic E-state index is -0.694. The second-order valence-electron chi connectivity index (χ2n) is 4.64. The van der Waals surface area contributed by atoms with E-state index in [-0.39, 0.29) is 28.9 Å². The van der Waals surface area contributed by atoms with Crippen molar-refractivity contribution < 1.29 is 23.4 Å². The summed E-state index contributed by atoms with van der Waals surface area (Å²) in [4.78, 5) is 23.1. The third kappa shape index (κ3) is 2.99. The van der Waals surface area contributed by atoms with Gasteiger partial charge in [0.15, 0.2) is 17.1 Å². The Labute approximate surface area is 121 Å². The summed E-state index contributed by atoms with van der Waals surface area (Å²) in [5, 5.41) is 0.499. The lowest BCUT2D eigenvalue weighted by Crippen LogP contribution is -2.13. The monoisotopic (exact) mass is 292 g/mol. The second-order valence-corrected chi connectivity index (χ2v) is 4.64. The minimum Gasteiger partial charge on any atom is -0.487 e. The highest BCUT2D eigenvalue weighted by Gasteiger charge is 2.20. The van der Waals surface area contributed by atoms with Gasteiger partial charge in [-0.15, -0.1) is 0 Å². The van der Waals surface area contributed by atoms with Crippen molar-refractivity contribution in [2.45, 2.75) is 26.9 Å². The summed E-state index contributed by atoms with van der Waals surface area (Å²) < 4.78 is 21.0. The molecule has 0 amide bonds. The first-order chi connectivity index (χ1) is 9.93. The van der Waals surface area contributed by atoms with E-state index in [2.05, 4.69) is 0 Å². The summed E-state index contributed by atoms with van der Waals surface area (Å²) in [6, 6.07) is 4.91. The number of methoxy groups -OCH3 is 1. The van der Waals surface area contributed by atoms with Crippen LogP contribution in [0.3, 0.4) is 0 Å². The molecule has 0 radical (unpaired) electrons. The molecule has 21 heavy (non-hydrogen) atoms. The van der Waals surface area contributed by atoms with Crippen molar-refractivity contribution in [3.63, 3.8) is 0 Å². The summed E-state index contributed by atoms with van der Waals surface area (Å²) >= 11 is 0. The molecule has 6 nitrogen and oxygen atoms in total. The van der Waals surface area contributed by atoms with E-state index in [0.717, 1.165) is 0 Å². The van der Waals surface area contributed by atoms with Crippen LogP contribution in [0.1, 0.15) is 20.8 Å². The van der Waals surface area contributed by atoms with Crippen LogP contribution in [-0.2, 0) is 4.79 Å². The molecule has 1 aromatic heterocycles. The van der Waals surface area contributed by atoms with Crippen LogP contribution < -0.4 is 19.8 Å². The Kier molecular flexibility index (Phi) is 4.16. The number of carbonyl (C=O) groups is 1. The molecule has 0 saturated carbocycles. The molecule has 0 bridgehead atoms. The zero-order chi connectivity index (χ0) is 15.6. The van der Waals surface area contributed by atoms with Crippen molar-refractivity contribution in [2.24, 2.45) is 0 Å². The van der Waals surface area contributed by atoms with Gasteiger partial charge in [0.2, 0.25) is 5.75 Å². The van der Waals surface area contributed by atoms with Crippen LogP contribution in [0.15, 0.2) is 27.4 Å². The summed E-state index contributed by atoms with van der Waals surface area (Å²) in [7, 11) is 1.36. The number of hydrogen-bond donors (Lipinski definition) is 0. The van der Waals surface area contributed by atoms with Crippen molar-refractivity contribution in [3.8, 4) is 17.2 Å². The van der Waals surface area contributed by atoms with Gasteiger partial charge in [0, 0.05) is 6.92 Å². The Morgan fingerprint density at radius 1 is 1.24 bits per heavy atom. The van der Waals surface area contributed by atoms with Gasteiger partial charge in [0.25, 0.3) is 0 Å². The molecule has 2 aromatic rings. The number of carbonyl (C=O) groups excluding carboxylic acids is 1. The Bertz CT molecular complexity index is 729. The van der Waals surface area contributed by atoms with Gasteiger partial charge in [-0.05, 0) is 26.0 Å². The molecule has 2 rings (SSSR count). The molecule has 0 aliphatic rings. The lowest BCUT2D eigenvalue weighted by Gasteiger charge is -2.15. The first-order valence-corrected chi connectivity index (χ1v) is 6.43. The van der Waals surface area contributed by atoms with Crippen molar-refractivity contribution in [1.82, 2.24) is 0 Å².